The van der Waals surface area contributed by atoms with Crippen LogP contribution < -0.4 is 14.0 Å². The fourth-order valence-corrected chi connectivity index (χ4v) is 3.25. The predicted octanol–water partition coefficient (Wildman–Crippen LogP) is 3.46. The van der Waals surface area contributed by atoms with Crippen LogP contribution in [-0.2, 0) is 17.6 Å². The highest BCUT2D eigenvalue weighted by atomic mass is 32.3. The molecule has 4 aromatic rings. The van der Waals surface area contributed by atoms with E-state index in [2.05, 4.69) is 4.57 Å². The summed E-state index contributed by atoms with van der Waals surface area (Å²) < 4.78 is 48.4. The smallest absolute Gasteiger partial charge is 0.345 e. The van der Waals surface area contributed by atoms with Crippen LogP contribution in [0.3, 0.4) is 0 Å². The van der Waals surface area contributed by atoms with Crippen molar-refractivity contribution >= 4 is 38.3 Å². The molecule has 0 aliphatic rings. The van der Waals surface area contributed by atoms with Gasteiger partial charge in [0.05, 0.1) is 29.5 Å². The number of pyridine rings is 1. The van der Waals surface area contributed by atoms with Gasteiger partial charge in [0.15, 0.2) is 0 Å². The van der Waals surface area contributed by atoms with Crippen LogP contribution in [-0.4, -0.2) is 26.0 Å². The highest BCUT2D eigenvalue weighted by Gasteiger charge is 2.24. The van der Waals surface area contributed by atoms with Gasteiger partial charge in [-0.25, -0.2) is 13.2 Å². The lowest BCUT2D eigenvalue weighted by atomic mass is 10.0. The predicted molar refractivity (Wildman–Crippen MR) is 111 cm³/mol. The molecule has 0 atom stereocenters. The summed E-state index contributed by atoms with van der Waals surface area (Å²) in [4.78, 5) is 13.0. The van der Waals surface area contributed by atoms with Crippen molar-refractivity contribution in [1.29, 1.82) is 0 Å². The first-order valence-electron chi connectivity index (χ1n) is 9.00. The molecule has 4 rings (SSSR count). The van der Waals surface area contributed by atoms with Crippen LogP contribution >= 0.6 is 0 Å². The van der Waals surface area contributed by atoms with Gasteiger partial charge in [-0.3, -0.25) is 0 Å². The van der Waals surface area contributed by atoms with Gasteiger partial charge >= 0.3 is 5.97 Å². The maximum atomic E-state index is 13.0. The summed E-state index contributed by atoms with van der Waals surface area (Å²) in [6.45, 7) is 0. The fraction of sp³-hybridized carbons (Fsp3) is 0.0909. The Kier molecular flexibility index (Phi) is 6.47. The lowest BCUT2D eigenvalue weighted by Gasteiger charge is -2.11. The third kappa shape index (κ3) is 5.33. The van der Waals surface area contributed by atoms with E-state index in [4.69, 9.17) is 22.4 Å². The van der Waals surface area contributed by atoms with Gasteiger partial charge in [-0.1, -0.05) is 30.3 Å². The topological polar surface area (TPSA) is 96.6 Å². The minimum absolute atomic E-state index is 0.372. The number of para-hydroxylation sites is 2. The van der Waals surface area contributed by atoms with Crippen molar-refractivity contribution in [2.75, 3.05) is 7.11 Å². The van der Waals surface area contributed by atoms with Gasteiger partial charge in [0, 0.05) is 6.07 Å². The van der Waals surface area contributed by atoms with E-state index < -0.39 is 10.5 Å². The number of halogens is 1. The SMILES string of the molecule is COc1ccc2c(C(=O)Oc3ccccc3)c3ccccc3[n+](C)c2c1.O=S(=O)([O-])F. The Hall–Kier alpha value is -3.56. The molecule has 0 amide bonds. The van der Waals surface area contributed by atoms with Crippen LogP contribution in [0.15, 0.2) is 72.8 Å². The molecule has 0 aliphatic carbocycles. The molecule has 0 saturated heterocycles. The maximum absolute atomic E-state index is 13.0. The Balaban J connectivity index is 0.000000491. The summed E-state index contributed by atoms with van der Waals surface area (Å²) in [5, 5.41) is 1.68. The van der Waals surface area contributed by atoms with Gasteiger partial charge in [0.2, 0.25) is 11.0 Å². The van der Waals surface area contributed by atoms with Gasteiger partial charge in [0.1, 0.15) is 18.5 Å². The number of hydrogen-bond donors (Lipinski definition) is 0. The van der Waals surface area contributed by atoms with Crippen molar-refractivity contribution in [3.8, 4) is 11.5 Å². The second-order valence-corrected chi connectivity index (χ2v) is 7.22. The zero-order valence-electron chi connectivity index (χ0n) is 16.6. The first-order valence-corrected chi connectivity index (χ1v) is 10.3. The lowest BCUT2D eigenvalue weighted by molar-refractivity contribution is -0.617. The number of carbonyl (C=O) groups is 1. The Labute approximate surface area is 178 Å². The van der Waals surface area contributed by atoms with Crippen molar-refractivity contribution in [3.05, 3.63) is 78.4 Å². The van der Waals surface area contributed by atoms with E-state index in [-0.39, 0.29) is 5.97 Å². The van der Waals surface area contributed by atoms with Gasteiger partial charge in [-0.2, -0.15) is 4.57 Å². The van der Waals surface area contributed by atoms with E-state index in [0.29, 0.717) is 11.3 Å². The molecule has 0 spiro atoms. The number of aromatic nitrogens is 1. The van der Waals surface area contributed by atoms with Crippen molar-refractivity contribution in [2.24, 2.45) is 7.05 Å². The monoisotopic (exact) mass is 443 g/mol. The summed E-state index contributed by atoms with van der Waals surface area (Å²) in [7, 11) is -1.80. The minimum Gasteiger partial charge on any atom is -0.722 e. The number of carbonyl (C=O) groups excluding carboxylic acids is 1. The molecule has 0 fully saturated rings. The lowest BCUT2D eigenvalue weighted by Crippen LogP contribution is -2.31. The standard InChI is InChI=1S/C22H18NO3.FHO3S/c1-23-19-11-7-6-10-17(19)21(18-13-12-16(25-2)14-20(18)23)22(24)26-15-8-4-3-5-9-15;1-5(2,3)4/h3-14H,1-2H3;(H,2,3,4)/q+1;/p-1. The second kappa shape index (κ2) is 9.07. The summed E-state index contributed by atoms with van der Waals surface area (Å²) in [5.74, 6) is 0.894. The molecular weight excluding hydrogens is 425 g/mol. The molecule has 0 N–H and O–H groups in total. The van der Waals surface area contributed by atoms with Crippen LogP contribution in [0.5, 0.6) is 11.5 Å². The van der Waals surface area contributed by atoms with Gasteiger partial charge in [-0.15, -0.1) is 3.89 Å². The van der Waals surface area contributed by atoms with Gasteiger partial charge in [-0.05, 0) is 30.3 Å². The average Bonchev–Trinajstić information content (AvgIpc) is 2.73. The van der Waals surface area contributed by atoms with Crippen LogP contribution in [0, 0.1) is 0 Å². The molecule has 1 aromatic heterocycles. The zero-order chi connectivity index (χ0) is 22.6. The molecule has 0 saturated carbocycles. The molecule has 0 bridgehead atoms. The molecular formula is C22H18FNO6S. The first-order chi connectivity index (χ1) is 14.7. The van der Waals surface area contributed by atoms with E-state index >= 15 is 0 Å². The quantitative estimate of drug-likeness (QED) is 0.120. The third-order valence-corrected chi connectivity index (χ3v) is 4.53. The van der Waals surface area contributed by atoms with Crippen LogP contribution in [0.25, 0.3) is 21.8 Å². The van der Waals surface area contributed by atoms with Crippen LogP contribution in [0.4, 0.5) is 3.89 Å². The van der Waals surface area contributed by atoms with E-state index in [1.54, 1.807) is 19.2 Å². The number of aryl methyl sites for hydroxylation is 1. The molecule has 160 valence electrons. The number of methoxy groups -OCH3 is 1. The maximum Gasteiger partial charge on any atom is 0.345 e. The number of fused-ring (bicyclic) bond motifs is 2. The highest BCUT2D eigenvalue weighted by molar-refractivity contribution is 7.80. The summed E-state index contributed by atoms with van der Waals surface area (Å²) >= 11 is 0. The van der Waals surface area contributed by atoms with Crippen molar-refractivity contribution < 1.29 is 35.7 Å². The van der Waals surface area contributed by atoms with E-state index in [9.17, 15) is 8.68 Å². The Morgan fingerprint density at radius 2 is 1.48 bits per heavy atom. The third-order valence-electron chi connectivity index (χ3n) is 4.53. The minimum atomic E-state index is -5.42. The molecule has 3 aromatic carbocycles. The number of hydrogen-bond acceptors (Lipinski definition) is 6. The zero-order valence-corrected chi connectivity index (χ0v) is 17.4. The number of ether oxygens (including phenoxy) is 2. The number of rotatable bonds is 3. The molecule has 9 heteroatoms. The number of nitrogens with zero attached hydrogens (tertiary/aromatic N) is 1. The van der Waals surface area contributed by atoms with Crippen molar-refractivity contribution in [2.45, 2.75) is 0 Å². The van der Waals surface area contributed by atoms with Crippen molar-refractivity contribution in [1.82, 2.24) is 0 Å². The molecule has 0 aliphatic heterocycles. The molecule has 31 heavy (non-hydrogen) atoms. The Morgan fingerprint density at radius 1 is 0.903 bits per heavy atom. The van der Waals surface area contributed by atoms with E-state index in [1.165, 1.54) is 0 Å². The fourth-order valence-electron chi connectivity index (χ4n) is 3.25. The van der Waals surface area contributed by atoms with Crippen LogP contribution in [0.2, 0.25) is 0 Å². The normalized spacial score (nSPS) is 11.0. The molecule has 0 unspecified atom stereocenters. The van der Waals surface area contributed by atoms with E-state index in [0.717, 1.165) is 27.6 Å². The largest absolute Gasteiger partial charge is 0.722 e. The van der Waals surface area contributed by atoms with Crippen molar-refractivity contribution in [3.63, 3.8) is 0 Å². The Bertz CT molecular complexity index is 1350. The Morgan fingerprint density at radius 3 is 2.13 bits per heavy atom. The molecule has 0 radical (unpaired) electrons. The number of esters is 1. The summed E-state index contributed by atoms with van der Waals surface area (Å²) in [6.07, 6.45) is 0. The van der Waals surface area contributed by atoms with Crippen LogP contribution in [0.1, 0.15) is 10.4 Å². The summed E-state index contributed by atoms with van der Waals surface area (Å²) in [6, 6.07) is 22.6. The first kappa shape index (κ1) is 22.1. The second-order valence-electron chi connectivity index (χ2n) is 6.43. The number of benzene rings is 3. The van der Waals surface area contributed by atoms with E-state index in [1.807, 2.05) is 67.7 Å². The van der Waals surface area contributed by atoms with Gasteiger partial charge in [0.25, 0.3) is 10.5 Å². The highest BCUT2D eigenvalue weighted by Crippen LogP contribution is 2.28. The molecule has 7 nitrogen and oxygen atoms in total. The average molecular weight is 443 g/mol. The molecule has 1 heterocycles. The summed E-state index contributed by atoms with van der Waals surface area (Å²) in [5.41, 5.74) is 2.41. The van der Waals surface area contributed by atoms with Gasteiger partial charge < -0.3 is 14.0 Å².